The van der Waals surface area contributed by atoms with E-state index < -0.39 is 31.0 Å². The minimum absolute atomic E-state index is 0.133. The molecule has 0 aromatic rings. The summed E-state index contributed by atoms with van der Waals surface area (Å²) in [7, 11) is 0. The molecule has 0 radical (unpaired) electrons. The van der Waals surface area contributed by atoms with Crippen molar-refractivity contribution >= 4 is 0 Å². The van der Waals surface area contributed by atoms with E-state index in [0.717, 1.165) is 6.42 Å². The highest BCUT2D eigenvalue weighted by Crippen LogP contribution is 2.21. The number of allylic oxidation sites excluding steroid dienone is 1. The first kappa shape index (κ1) is 22.6. The first-order valence-electron chi connectivity index (χ1n) is 10.1. The molecule has 1 saturated heterocycles. The van der Waals surface area contributed by atoms with Crippen molar-refractivity contribution in [2.75, 3.05) is 19.8 Å². The Morgan fingerprint density at radius 3 is 2.32 bits per heavy atom. The summed E-state index contributed by atoms with van der Waals surface area (Å²) in [6.07, 6.45) is 14.1. The highest BCUT2D eigenvalue weighted by molar-refractivity contribution is 4.91. The minimum Gasteiger partial charge on any atom is -0.394 e. The molecule has 1 aliphatic rings. The third-order valence-corrected chi connectivity index (χ3v) is 4.75. The molecule has 0 saturated carbocycles. The zero-order chi connectivity index (χ0) is 18.3. The zero-order valence-corrected chi connectivity index (χ0v) is 15.8. The fraction of sp³-hybridized carbons (Fsp3) is 0.900. The molecule has 5 heteroatoms. The molecular weight excluding hydrogens is 320 g/mol. The van der Waals surface area contributed by atoms with Crippen molar-refractivity contribution in [1.82, 2.24) is 0 Å². The second-order valence-corrected chi connectivity index (χ2v) is 7.00. The Morgan fingerprint density at radius 1 is 1.04 bits per heavy atom. The highest BCUT2D eigenvalue weighted by atomic mass is 16.6. The predicted molar refractivity (Wildman–Crippen MR) is 99.6 cm³/mol. The van der Waals surface area contributed by atoms with E-state index in [0.29, 0.717) is 6.61 Å². The molecule has 0 amide bonds. The van der Waals surface area contributed by atoms with E-state index in [2.05, 4.69) is 13.0 Å². The second kappa shape index (κ2) is 14.7. The molecule has 0 aliphatic carbocycles. The number of hydrogen-bond acceptors (Lipinski definition) is 5. The summed E-state index contributed by atoms with van der Waals surface area (Å²) in [5.41, 5.74) is 0. The molecule has 0 unspecified atom stereocenters. The fourth-order valence-corrected chi connectivity index (χ4v) is 3.18. The van der Waals surface area contributed by atoms with Gasteiger partial charge in [0.25, 0.3) is 0 Å². The third kappa shape index (κ3) is 9.71. The fourth-order valence-electron chi connectivity index (χ4n) is 3.18. The standard InChI is InChI=1S/C20H38O5/c1-2-3-4-5-6-7-8-9-10-11-12-13-14-24-20-18(23)16-25-19(20)17(22)15-21/h12-13,17-23H,2-11,14-16H2,1H3/b13-12+/t17-,18+,19-,20-/m0/s1. The normalized spacial score (nSPS) is 25.0. The largest absolute Gasteiger partial charge is 0.394 e. The smallest absolute Gasteiger partial charge is 0.115 e. The summed E-state index contributed by atoms with van der Waals surface area (Å²) in [4.78, 5) is 0. The van der Waals surface area contributed by atoms with E-state index in [4.69, 9.17) is 14.6 Å². The van der Waals surface area contributed by atoms with Crippen molar-refractivity contribution in [2.24, 2.45) is 0 Å². The van der Waals surface area contributed by atoms with E-state index in [1.54, 1.807) is 0 Å². The molecule has 0 aromatic heterocycles. The highest BCUT2D eigenvalue weighted by Gasteiger charge is 2.40. The van der Waals surface area contributed by atoms with E-state index in [9.17, 15) is 10.2 Å². The summed E-state index contributed by atoms with van der Waals surface area (Å²) < 4.78 is 10.9. The van der Waals surface area contributed by atoms with Gasteiger partial charge in [0.1, 0.15) is 24.4 Å². The van der Waals surface area contributed by atoms with Crippen molar-refractivity contribution in [3.05, 3.63) is 12.2 Å². The Bertz CT molecular complexity index is 334. The van der Waals surface area contributed by atoms with Crippen molar-refractivity contribution < 1.29 is 24.8 Å². The third-order valence-electron chi connectivity index (χ3n) is 4.75. The van der Waals surface area contributed by atoms with Crippen LogP contribution in [0.2, 0.25) is 0 Å². The van der Waals surface area contributed by atoms with Crippen molar-refractivity contribution in [2.45, 2.75) is 95.5 Å². The lowest BCUT2D eigenvalue weighted by molar-refractivity contribution is -0.0879. The molecule has 148 valence electrons. The Balaban J connectivity index is 1.99. The van der Waals surface area contributed by atoms with Crippen LogP contribution in [0, 0.1) is 0 Å². The molecule has 0 spiro atoms. The van der Waals surface area contributed by atoms with Gasteiger partial charge in [0.15, 0.2) is 0 Å². The molecule has 3 N–H and O–H groups in total. The van der Waals surface area contributed by atoms with Crippen LogP contribution in [0.25, 0.3) is 0 Å². The van der Waals surface area contributed by atoms with Gasteiger partial charge in [-0.2, -0.15) is 0 Å². The number of unbranched alkanes of at least 4 members (excludes halogenated alkanes) is 9. The second-order valence-electron chi connectivity index (χ2n) is 7.00. The van der Waals surface area contributed by atoms with Crippen LogP contribution in [0.1, 0.15) is 71.1 Å². The van der Waals surface area contributed by atoms with Gasteiger partial charge in [0.2, 0.25) is 0 Å². The molecule has 0 bridgehead atoms. The van der Waals surface area contributed by atoms with Crippen LogP contribution >= 0.6 is 0 Å². The lowest BCUT2D eigenvalue weighted by atomic mass is 10.1. The first-order valence-corrected chi connectivity index (χ1v) is 10.1. The summed E-state index contributed by atoms with van der Waals surface area (Å²) in [6.45, 7) is 2.37. The van der Waals surface area contributed by atoms with Gasteiger partial charge in [0.05, 0.1) is 19.8 Å². The number of aliphatic hydroxyl groups is 3. The molecule has 1 aliphatic heterocycles. The average Bonchev–Trinajstić information content (AvgIpc) is 2.99. The lowest BCUT2D eigenvalue weighted by Gasteiger charge is -2.23. The summed E-state index contributed by atoms with van der Waals surface area (Å²) in [5, 5.41) is 28.5. The number of hydrogen-bond donors (Lipinski definition) is 3. The summed E-state index contributed by atoms with van der Waals surface area (Å²) in [5.74, 6) is 0. The van der Waals surface area contributed by atoms with Crippen LogP contribution in [0.4, 0.5) is 0 Å². The van der Waals surface area contributed by atoms with Gasteiger partial charge in [-0.1, -0.05) is 70.4 Å². The van der Waals surface area contributed by atoms with Gasteiger partial charge < -0.3 is 24.8 Å². The Hall–Kier alpha value is -0.460. The Kier molecular flexibility index (Phi) is 13.3. The van der Waals surface area contributed by atoms with E-state index >= 15 is 0 Å². The Labute approximate surface area is 153 Å². The quantitative estimate of drug-likeness (QED) is 0.310. The first-order chi connectivity index (χ1) is 12.2. The number of aliphatic hydroxyl groups excluding tert-OH is 3. The SMILES string of the molecule is CCCCCCCCCCC/C=C/CO[C@@H]1[C@H]([C@@H](O)CO)OC[C@H]1O. The molecule has 0 aromatic carbocycles. The van der Waals surface area contributed by atoms with E-state index in [1.807, 2.05) is 6.08 Å². The van der Waals surface area contributed by atoms with Crippen LogP contribution in [-0.4, -0.2) is 59.6 Å². The van der Waals surface area contributed by atoms with Crippen molar-refractivity contribution in [1.29, 1.82) is 0 Å². The maximum absolute atomic E-state index is 9.83. The van der Waals surface area contributed by atoms with E-state index in [1.165, 1.54) is 57.8 Å². The van der Waals surface area contributed by atoms with Gasteiger partial charge in [-0.05, 0) is 12.8 Å². The van der Waals surface area contributed by atoms with Crippen LogP contribution in [0.5, 0.6) is 0 Å². The number of ether oxygens (including phenoxy) is 2. The van der Waals surface area contributed by atoms with Crippen LogP contribution in [-0.2, 0) is 9.47 Å². The van der Waals surface area contributed by atoms with Crippen molar-refractivity contribution in [3.63, 3.8) is 0 Å². The topological polar surface area (TPSA) is 79.2 Å². The minimum atomic E-state index is -1.02. The average molecular weight is 359 g/mol. The zero-order valence-electron chi connectivity index (χ0n) is 15.8. The van der Waals surface area contributed by atoms with Gasteiger partial charge in [-0.15, -0.1) is 0 Å². The van der Waals surface area contributed by atoms with Gasteiger partial charge >= 0.3 is 0 Å². The summed E-state index contributed by atoms with van der Waals surface area (Å²) >= 11 is 0. The lowest BCUT2D eigenvalue weighted by Crippen LogP contribution is -2.42. The predicted octanol–water partition coefficient (Wildman–Crippen LogP) is 2.96. The van der Waals surface area contributed by atoms with Crippen molar-refractivity contribution in [3.8, 4) is 0 Å². The maximum Gasteiger partial charge on any atom is 0.115 e. The molecular formula is C20H38O5. The van der Waals surface area contributed by atoms with Crippen LogP contribution < -0.4 is 0 Å². The molecule has 5 nitrogen and oxygen atoms in total. The van der Waals surface area contributed by atoms with Crippen LogP contribution in [0.3, 0.4) is 0 Å². The molecule has 1 rings (SSSR count). The molecule has 4 atom stereocenters. The maximum atomic E-state index is 9.83. The van der Waals surface area contributed by atoms with Gasteiger partial charge in [-0.3, -0.25) is 0 Å². The number of rotatable bonds is 15. The summed E-state index contributed by atoms with van der Waals surface area (Å²) in [6, 6.07) is 0. The molecule has 25 heavy (non-hydrogen) atoms. The van der Waals surface area contributed by atoms with Crippen LogP contribution in [0.15, 0.2) is 12.2 Å². The Morgan fingerprint density at radius 2 is 1.68 bits per heavy atom. The molecule has 1 fully saturated rings. The molecule has 1 heterocycles. The van der Waals surface area contributed by atoms with Gasteiger partial charge in [-0.25, -0.2) is 0 Å². The monoisotopic (exact) mass is 358 g/mol. The van der Waals surface area contributed by atoms with E-state index in [-0.39, 0.29) is 6.61 Å². The van der Waals surface area contributed by atoms with Gasteiger partial charge in [0, 0.05) is 0 Å².